The van der Waals surface area contributed by atoms with E-state index in [-0.39, 0.29) is 5.96 Å². The van der Waals surface area contributed by atoms with Gasteiger partial charge in [0.15, 0.2) is 5.96 Å². The summed E-state index contributed by atoms with van der Waals surface area (Å²) in [5.74, 6) is 0.125. The summed E-state index contributed by atoms with van der Waals surface area (Å²) in [6.07, 6.45) is 0. The maximum absolute atomic E-state index is 5.37. The Labute approximate surface area is 138 Å². The second-order valence-corrected chi connectivity index (χ2v) is 5.69. The van der Waals surface area contributed by atoms with Gasteiger partial charge >= 0.3 is 0 Å². The van der Waals surface area contributed by atoms with Crippen LogP contribution in [0.15, 0.2) is 29.3 Å². The van der Waals surface area contributed by atoms with E-state index in [0.717, 1.165) is 51.4 Å². The standard InChI is InChI=1S/C16H29N7/c17-16(18)23-11-13-1-3-14(4-2-13)15-12-21-8-7-19-5-6-20-9-10-22-15/h1-4,15,19-22H,5-12H2,(H4,17,18,23). The molecule has 0 radical (unpaired) electrons. The molecule has 1 heterocycles. The first-order chi connectivity index (χ1) is 11.3. The molecule has 1 aromatic carbocycles. The molecule has 128 valence electrons. The number of guanidine groups is 1. The highest BCUT2D eigenvalue weighted by Gasteiger charge is 2.10. The van der Waals surface area contributed by atoms with Crippen LogP contribution < -0.4 is 32.7 Å². The topological polar surface area (TPSA) is 113 Å². The second-order valence-electron chi connectivity index (χ2n) is 5.69. The van der Waals surface area contributed by atoms with Gasteiger partial charge in [0.2, 0.25) is 0 Å². The van der Waals surface area contributed by atoms with E-state index in [4.69, 9.17) is 11.5 Å². The fourth-order valence-corrected chi connectivity index (χ4v) is 2.53. The van der Waals surface area contributed by atoms with E-state index in [0.29, 0.717) is 12.6 Å². The Kier molecular flexibility index (Phi) is 7.82. The van der Waals surface area contributed by atoms with Gasteiger partial charge in [0.1, 0.15) is 0 Å². The number of hydrogen-bond acceptors (Lipinski definition) is 5. The van der Waals surface area contributed by atoms with Gasteiger partial charge in [0, 0.05) is 51.9 Å². The van der Waals surface area contributed by atoms with Crippen LogP contribution in [0.1, 0.15) is 17.2 Å². The normalized spacial score (nSPS) is 21.0. The summed E-state index contributed by atoms with van der Waals surface area (Å²) in [5, 5.41) is 14.0. The highest BCUT2D eigenvalue weighted by Crippen LogP contribution is 2.14. The van der Waals surface area contributed by atoms with E-state index in [9.17, 15) is 0 Å². The number of nitrogens with zero attached hydrogens (tertiary/aromatic N) is 1. The first kappa shape index (κ1) is 17.7. The van der Waals surface area contributed by atoms with Crippen molar-refractivity contribution in [2.45, 2.75) is 12.6 Å². The molecular weight excluding hydrogens is 290 g/mol. The lowest BCUT2D eigenvalue weighted by molar-refractivity contribution is 0.464. The largest absolute Gasteiger partial charge is 0.370 e. The summed E-state index contributed by atoms with van der Waals surface area (Å²) >= 11 is 0. The van der Waals surface area contributed by atoms with E-state index < -0.39 is 0 Å². The molecule has 0 aliphatic carbocycles. The van der Waals surface area contributed by atoms with Gasteiger partial charge in [0.25, 0.3) is 0 Å². The number of nitrogens with one attached hydrogen (secondary N) is 4. The van der Waals surface area contributed by atoms with Crippen molar-refractivity contribution in [3.05, 3.63) is 35.4 Å². The van der Waals surface area contributed by atoms with Crippen LogP contribution in [0.25, 0.3) is 0 Å². The molecule has 1 aliphatic heterocycles. The zero-order valence-electron chi connectivity index (χ0n) is 13.6. The van der Waals surface area contributed by atoms with Crippen LogP contribution in [0.2, 0.25) is 0 Å². The summed E-state index contributed by atoms with van der Waals surface area (Å²) < 4.78 is 0. The van der Waals surface area contributed by atoms with Crippen molar-refractivity contribution >= 4 is 5.96 Å². The third-order valence-corrected chi connectivity index (χ3v) is 3.82. The van der Waals surface area contributed by atoms with E-state index in [1.807, 2.05) is 0 Å². The van der Waals surface area contributed by atoms with Gasteiger partial charge < -0.3 is 32.7 Å². The molecular formula is C16H29N7. The average molecular weight is 319 g/mol. The number of benzene rings is 1. The Morgan fingerprint density at radius 2 is 1.52 bits per heavy atom. The van der Waals surface area contributed by atoms with Gasteiger partial charge in [-0.05, 0) is 11.1 Å². The number of nitrogens with two attached hydrogens (primary N) is 2. The average Bonchev–Trinajstić information content (AvgIpc) is 2.54. The SMILES string of the molecule is NC(N)=NCc1ccc(C2CNCCNCCNCCN2)cc1. The summed E-state index contributed by atoms with van der Waals surface area (Å²) in [6, 6.07) is 8.76. The summed E-state index contributed by atoms with van der Waals surface area (Å²) in [6.45, 7) is 7.34. The van der Waals surface area contributed by atoms with Crippen LogP contribution in [-0.4, -0.2) is 51.8 Å². The van der Waals surface area contributed by atoms with Crippen molar-refractivity contribution in [2.24, 2.45) is 16.5 Å². The summed E-state index contributed by atoms with van der Waals surface area (Å²) in [7, 11) is 0. The summed E-state index contributed by atoms with van der Waals surface area (Å²) in [4.78, 5) is 4.04. The van der Waals surface area contributed by atoms with Gasteiger partial charge in [-0.15, -0.1) is 0 Å². The maximum atomic E-state index is 5.37. The van der Waals surface area contributed by atoms with Crippen LogP contribution >= 0.6 is 0 Å². The quantitative estimate of drug-likeness (QED) is 0.311. The zero-order chi connectivity index (χ0) is 16.3. The molecule has 1 atom stereocenters. The van der Waals surface area contributed by atoms with E-state index in [1.165, 1.54) is 5.56 Å². The molecule has 0 bridgehead atoms. The van der Waals surface area contributed by atoms with Crippen molar-refractivity contribution in [2.75, 3.05) is 45.8 Å². The Bertz CT molecular complexity index is 456. The predicted octanol–water partition coefficient (Wildman–Crippen LogP) is -1.13. The Morgan fingerprint density at radius 1 is 0.913 bits per heavy atom. The summed E-state index contributed by atoms with van der Waals surface area (Å²) in [5.41, 5.74) is 13.1. The molecule has 0 spiro atoms. The lowest BCUT2D eigenvalue weighted by Crippen LogP contribution is -2.41. The second kappa shape index (κ2) is 10.2. The Hall–Kier alpha value is -1.67. The molecule has 0 aromatic heterocycles. The third kappa shape index (κ3) is 6.96. The molecule has 2 rings (SSSR count). The van der Waals surface area contributed by atoms with Crippen molar-refractivity contribution in [1.82, 2.24) is 21.3 Å². The molecule has 0 amide bonds. The molecule has 0 saturated carbocycles. The van der Waals surface area contributed by atoms with Crippen molar-refractivity contribution in [3.8, 4) is 0 Å². The minimum Gasteiger partial charge on any atom is -0.370 e. The van der Waals surface area contributed by atoms with E-state index >= 15 is 0 Å². The lowest BCUT2D eigenvalue weighted by Gasteiger charge is -2.21. The highest BCUT2D eigenvalue weighted by atomic mass is 15.0. The first-order valence-electron chi connectivity index (χ1n) is 8.25. The van der Waals surface area contributed by atoms with Gasteiger partial charge in [-0.3, -0.25) is 0 Å². The first-order valence-corrected chi connectivity index (χ1v) is 8.25. The van der Waals surface area contributed by atoms with Crippen LogP contribution in [0.5, 0.6) is 0 Å². The molecule has 1 unspecified atom stereocenters. The van der Waals surface area contributed by atoms with Crippen molar-refractivity contribution in [1.29, 1.82) is 0 Å². The molecule has 1 saturated heterocycles. The van der Waals surface area contributed by atoms with Crippen LogP contribution in [0.3, 0.4) is 0 Å². The molecule has 1 aromatic rings. The highest BCUT2D eigenvalue weighted by molar-refractivity contribution is 5.75. The molecule has 1 fully saturated rings. The van der Waals surface area contributed by atoms with Crippen LogP contribution in [-0.2, 0) is 6.54 Å². The molecule has 7 heteroatoms. The molecule has 23 heavy (non-hydrogen) atoms. The third-order valence-electron chi connectivity index (χ3n) is 3.82. The lowest BCUT2D eigenvalue weighted by atomic mass is 10.0. The van der Waals surface area contributed by atoms with Crippen molar-refractivity contribution < 1.29 is 0 Å². The molecule has 8 N–H and O–H groups in total. The Balaban J connectivity index is 1.93. The van der Waals surface area contributed by atoms with Crippen molar-refractivity contribution in [3.63, 3.8) is 0 Å². The van der Waals surface area contributed by atoms with E-state index in [1.54, 1.807) is 0 Å². The van der Waals surface area contributed by atoms with Crippen LogP contribution in [0.4, 0.5) is 0 Å². The monoisotopic (exact) mass is 319 g/mol. The van der Waals surface area contributed by atoms with E-state index in [2.05, 4.69) is 50.5 Å². The predicted molar refractivity (Wildman–Crippen MR) is 95.3 cm³/mol. The smallest absolute Gasteiger partial charge is 0.186 e. The van der Waals surface area contributed by atoms with Gasteiger partial charge in [-0.25, -0.2) is 4.99 Å². The van der Waals surface area contributed by atoms with Gasteiger partial charge in [0.05, 0.1) is 6.54 Å². The minimum absolute atomic E-state index is 0.125. The van der Waals surface area contributed by atoms with Crippen LogP contribution in [0, 0.1) is 0 Å². The fourth-order valence-electron chi connectivity index (χ4n) is 2.53. The van der Waals surface area contributed by atoms with Gasteiger partial charge in [-0.2, -0.15) is 0 Å². The molecule has 7 nitrogen and oxygen atoms in total. The van der Waals surface area contributed by atoms with Gasteiger partial charge in [-0.1, -0.05) is 24.3 Å². The Morgan fingerprint density at radius 3 is 2.17 bits per heavy atom. The number of aliphatic imine (C=N–C) groups is 1. The molecule has 1 aliphatic rings. The fraction of sp³-hybridized carbons (Fsp3) is 0.562. The maximum Gasteiger partial charge on any atom is 0.186 e. The number of rotatable bonds is 3. The number of hydrogen-bond donors (Lipinski definition) is 6. The zero-order valence-corrected chi connectivity index (χ0v) is 13.6. The minimum atomic E-state index is 0.125.